The van der Waals surface area contributed by atoms with Crippen molar-refractivity contribution in [3.63, 3.8) is 0 Å². The molecule has 2 atom stereocenters. The predicted molar refractivity (Wildman–Crippen MR) is 81.4 cm³/mol. The highest BCUT2D eigenvalue weighted by Gasteiger charge is 2.26. The summed E-state index contributed by atoms with van der Waals surface area (Å²) in [4.78, 5) is 2.49. The standard InChI is InChI=1S/C15H21Cl2NO/c1-11(16)8-14-4-3-7-18(14)10-12-9-13(17)5-6-15(12)19-2/h5-6,9,11,14H,3-4,7-8,10H2,1-2H3. The first kappa shape index (κ1) is 15.0. The molecule has 2 unspecified atom stereocenters. The van der Waals surface area contributed by atoms with Crippen LogP contribution in [-0.4, -0.2) is 30.0 Å². The van der Waals surface area contributed by atoms with Crippen LogP contribution in [0, 0.1) is 0 Å². The first-order valence-electron chi connectivity index (χ1n) is 6.80. The Morgan fingerprint density at radius 3 is 2.95 bits per heavy atom. The largest absolute Gasteiger partial charge is 0.496 e. The third-order valence-electron chi connectivity index (χ3n) is 3.71. The molecule has 0 radical (unpaired) electrons. The highest BCUT2D eigenvalue weighted by Crippen LogP contribution is 2.29. The summed E-state index contributed by atoms with van der Waals surface area (Å²) in [6.07, 6.45) is 3.53. The summed E-state index contributed by atoms with van der Waals surface area (Å²) >= 11 is 12.2. The average molecular weight is 302 g/mol. The molecule has 0 saturated carbocycles. The molecule has 0 aliphatic carbocycles. The van der Waals surface area contributed by atoms with Gasteiger partial charge >= 0.3 is 0 Å². The molecule has 0 bridgehead atoms. The van der Waals surface area contributed by atoms with Crippen molar-refractivity contribution in [1.82, 2.24) is 4.90 Å². The third kappa shape index (κ3) is 4.01. The molecule has 0 aromatic heterocycles. The maximum atomic E-state index is 6.14. The van der Waals surface area contributed by atoms with Crippen molar-refractivity contribution in [3.8, 4) is 5.75 Å². The van der Waals surface area contributed by atoms with E-state index < -0.39 is 0 Å². The summed E-state index contributed by atoms with van der Waals surface area (Å²) in [5.41, 5.74) is 1.16. The zero-order valence-corrected chi connectivity index (χ0v) is 13.0. The topological polar surface area (TPSA) is 12.5 Å². The molecule has 1 aromatic rings. The first-order valence-corrected chi connectivity index (χ1v) is 7.62. The Labute approximate surface area is 125 Å². The molecule has 0 N–H and O–H groups in total. The van der Waals surface area contributed by atoms with E-state index in [1.54, 1.807) is 7.11 Å². The lowest BCUT2D eigenvalue weighted by Gasteiger charge is -2.26. The maximum absolute atomic E-state index is 6.14. The van der Waals surface area contributed by atoms with Gasteiger partial charge in [-0.3, -0.25) is 4.90 Å². The van der Waals surface area contributed by atoms with Gasteiger partial charge in [-0.25, -0.2) is 0 Å². The monoisotopic (exact) mass is 301 g/mol. The Bertz CT molecular complexity index is 423. The quantitative estimate of drug-likeness (QED) is 0.751. The third-order valence-corrected chi connectivity index (χ3v) is 4.13. The van der Waals surface area contributed by atoms with E-state index in [0.717, 1.165) is 35.8 Å². The Kier molecular flexibility index (Phi) is 5.37. The van der Waals surface area contributed by atoms with E-state index >= 15 is 0 Å². The van der Waals surface area contributed by atoms with Gasteiger partial charge in [-0.1, -0.05) is 11.6 Å². The fourth-order valence-electron chi connectivity index (χ4n) is 2.83. The van der Waals surface area contributed by atoms with Crippen LogP contribution in [0.3, 0.4) is 0 Å². The minimum Gasteiger partial charge on any atom is -0.496 e. The minimum absolute atomic E-state index is 0.229. The van der Waals surface area contributed by atoms with Crippen molar-refractivity contribution >= 4 is 23.2 Å². The van der Waals surface area contributed by atoms with E-state index in [9.17, 15) is 0 Å². The molecule has 2 nitrogen and oxygen atoms in total. The number of methoxy groups -OCH3 is 1. The number of rotatable bonds is 5. The zero-order valence-electron chi connectivity index (χ0n) is 11.5. The molecule has 0 amide bonds. The molecule has 106 valence electrons. The number of nitrogens with zero attached hydrogens (tertiary/aromatic N) is 1. The van der Waals surface area contributed by atoms with E-state index in [0.29, 0.717) is 6.04 Å². The van der Waals surface area contributed by atoms with Crippen molar-refractivity contribution < 1.29 is 4.74 Å². The van der Waals surface area contributed by atoms with Gasteiger partial charge in [0.25, 0.3) is 0 Å². The average Bonchev–Trinajstić information content (AvgIpc) is 2.76. The van der Waals surface area contributed by atoms with E-state index in [4.69, 9.17) is 27.9 Å². The molecular weight excluding hydrogens is 281 g/mol. The van der Waals surface area contributed by atoms with Crippen LogP contribution < -0.4 is 4.74 Å². The summed E-state index contributed by atoms with van der Waals surface area (Å²) in [5, 5.41) is 0.990. The summed E-state index contributed by atoms with van der Waals surface area (Å²) in [6, 6.07) is 6.38. The van der Waals surface area contributed by atoms with Gasteiger partial charge in [-0.05, 0) is 50.9 Å². The van der Waals surface area contributed by atoms with Crippen LogP contribution >= 0.6 is 23.2 Å². The van der Waals surface area contributed by atoms with Crippen molar-refractivity contribution in [2.45, 2.75) is 44.1 Å². The second-order valence-electron chi connectivity index (χ2n) is 5.24. The molecule has 2 rings (SSSR count). The second-order valence-corrected chi connectivity index (χ2v) is 6.42. The lowest BCUT2D eigenvalue weighted by Crippen LogP contribution is -2.30. The van der Waals surface area contributed by atoms with Crippen LogP contribution in [0.4, 0.5) is 0 Å². The Morgan fingerprint density at radius 2 is 2.26 bits per heavy atom. The summed E-state index contributed by atoms with van der Waals surface area (Å²) in [6.45, 7) is 4.08. The fraction of sp³-hybridized carbons (Fsp3) is 0.600. The smallest absolute Gasteiger partial charge is 0.123 e. The number of benzene rings is 1. The highest BCUT2D eigenvalue weighted by molar-refractivity contribution is 6.30. The van der Waals surface area contributed by atoms with Crippen molar-refractivity contribution in [2.75, 3.05) is 13.7 Å². The van der Waals surface area contributed by atoms with E-state index in [-0.39, 0.29) is 5.38 Å². The Hall–Kier alpha value is -0.440. The van der Waals surface area contributed by atoms with Gasteiger partial charge in [0, 0.05) is 28.5 Å². The van der Waals surface area contributed by atoms with Crippen LogP contribution in [-0.2, 0) is 6.54 Å². The van der Waals surface area contributed by atoms with Crippen molar-refractivity contribution in [2.24, 2.45) is 0 Å². The van der Waals surface area contributed by atoms with Gasteiger partial charge in [0.05, 0.1) is 7.11 Å². The predicted octanol–water partition coefficient (Wildman–Crippen LogP) is 4.33. The number of likely N-dealkylation sites (tertiary alicyclic amines) is 1. The van der Waals surface area contributed by atoms with Crippen molar-refractivity contribution in [1.29, 1.82) is 0 Å². The number of ether oxygens (including phenoxy) is 1. The molecule has 4 heteroatoms. The van der Waals surface area contributed by atoms with Gasteiger partial charge in [0.1, 0.15) is 5.75 Å². The second kappa shape index (κ2) is 6.83. The lowest BCUT2D eigenvalue weighted by molar-refractivity contribution is 0.231. The highest BCUT2D eigenvalue weighted by atomic mass is 35.5. The lowest BCUT2D eigenvalue weighted by atomic mass is 10.1. The molecular formula is C15H21Cl2NO. The van der Waals surface area contributed by atoms with Crippen LogP contribution in [0.25, 0.3) is 0 Å². The molecule has 0 spiro atoms. The van der Waals surface area contributed by atoms with Crippen LogP contribution in [0.5, 0.6) is 5.75 Å². The minimum atomic E-state index is 0.229. The number of hydrogen-bond donors (Lipinski definition) is 0. The number of halogens is 2. The number of alkyl halides is 1. The van der Waals surface area contributed by atoms with Gasteiger partial charge in [0.2, 0.25) is 0 Å². The molecule has 1 heterocycles. The normalized spacial score (nSPS) is 21.6. The first-order chi connectivity index (χ1) is 9.10. The Morgan fingerprint density at radius 1 is 1.47 bits per heavy atom. The van der Waals surface area contributed by atoms with Gasteiger partial charge in [-0.2, -0.15) is 0 Å². The van der Waals surface area contributed by atoms with Crippen LogP contribution in [0.15, 0.2) is 18.2 Å². The SMILES string of the molecule is COc1ccc(Cl)cc1CN1CCCC1CC(C)Cl. The van der Waals surface area contributed by atoms with Gasteiger partial charge in [-0.15, -0.1) is 11.6 Å². The van der Waals surface area contributed by atoms with Crippen LogP contribution in [0.1, 0.15) is 31.7 Å². The molecule has 1 fully saturated rings. The van der Waals surface area contributed by atoms with Crippen molar-refractivity contribution in [3.05, 3.63) is 28.8 Å². The molecule has 1 aliphatic heterocycles. The van der Waals surface area contributed by atoms with Crippen LogP contribution in [0.2, 0.25) is 5.02 Å². The van der Waals surface area contributed by atoms with E-state index in [2.05, 4.69) is 11.8 Å². The summed E-state index contributed by atoms with van der Waals surface area (Å²) < 4.78 is 5.42. The van der Waals surface area contributed by atoms with E-state index in [1.165, 1.54) is 12.8 Å². The van der Waals surface area contributed by atoms with Gasteiger partial charge < -0.3 is 4.74 Å². The molecule has 1 aromatic carbocycles. The molecule has 1 aliphatic rings. The zero-order chi connectivity index (χ0) is 13.8. The van der Waals surface area contributed by atoms with E-state index in [1.807, 2.05) is 18.2 Å². The maximum Gasteiger partial charge on any atom is 0.123 e. The Balaban J connectivity index is 2.09. The van der Waals surface area contributed by atoms with Gasteiger partial charge in [0.15, 0.2) is 0 Å². The molecule has 19 heavy (non-hydrogen) atoms. The summed E-state index contributed by atoms with van der Waals surface area (Å²) in [7, 11) is 1.70. The fourth-order valence-corrected chi connectivity index (χ4v) is 3.24. The molecule has 1 saturated heterocycles. The summed E-state index contributed by atoms with van der Waals surface area (Å²) in [5.74, 6) is 0.911. The number of hydrogen-bond acceptors (Lipinski definition) is 2.